The van der Waals surface area contributed by atoms with E-state index in [2.05, 4.69) is 49.0 Å². The van der Waals surface area contributed by atoms with E-state index in [0.717, 1.165) is 25.5 Å². The van der Waals surface area contributed by atoms with Crippen LogP contribution in [0, 0.1) is 5.92 Å². The number of aldehydes is 1. The van der Waals surface area contributed by atoms with E-state index < -0.39 is 0 Å². The van der Waals surface area contributed by atoms with E-state index in [-0.39, 0.29) is 0 Å². The fraction of sp³-hybridized carbons (Fsp3) is 0.438. The standard InChI is InChI=1S/C16H21NO/c1-3-6-13(9-10-18)11-14-12-17(2)16-8-5-4-7-15(14)16/h4-5,7-8,10,12-13H,3,6,9,11H2,1-2H3. The van der Waals surface area contributed by atoms with Crippen molar-refractivity contribution in [3.05, 3.63) is 36.0 Å². The Morgan fingerprint density at radius 3 is 2.83 bits per heavy atom. The van der Waals surface area contributed by atoms with Crippen molar-refractivity contribution in [2.24, 2.45) is 13.0 Å². The highest BCUT2D eigenvalue weighted by atomic mass is 16.1. The van der Waals surface area contributed by atoms with Gasteiger partial charge in [0, 0.05) is 30.6 Å². The third kappa shape index (κ3) is 2.63. The molecule has 2 heteroatoms. The molecule has 1 aromatic carbocycles. The predicted octanol–water partition coefficient (Wildman–Crippen LogP) is 3.73. The highest BCUT2D eigenvalue weighted by Crippen LogP contribution is 2.25. The summed E-state index contributed by atoms with van der Waals surface area (Å²) in [4.78, 5) is 10.7. The molecule has 0 aliphatic carbocycles. The molecule has 0 saturated carbocycles. The van der Waals surface area contributed by atoms with Crippen LogP contribution in [0.4, 0.5) is 0 Å². The number of carbonyl (C=O) groups is 1. The van der Waals surface area contributed by atoms with Crippen LogP contribution in [-0.2, 0) is 18.3 Å². The second-order valence-electron chi connectivity index (χ2n) is 5.04. The van der Waals surface area contributed by atoms with Gasteiger partial charge in [0.1, 0.15) is 6.29 Å². The molecule has 2 aromatic rings. The summed E-state index contributed by atoms with van der Waals surface area (Å²) in [5.41, 5.74) is 2.64. The van der Waals surface area contributed by atoms with E-state index in [9.17, 15) is 4.79 Å². The molecule has 1 aromatic heterocycles. The lowest BCUT2D eigenvalue weighted by atomic mass is 9.92. The zero-order valence-electron chi connectivity index (χ0n) is 11.2. The minimum atomic E-state index is 0.485. The Balaban J connectivity index is 2.27. The van der Waals surface area contributed by atoms with Crippen LogP contribution in [0.25, 0.3) is 10.9 Å². The van der Waals surface area contributed by atoms with E-state index in [4.69, 9.17) is 0 Å². The number of hydrogen-bond acceptors (Lipinski definition) is 1. The smallest absolute Gasteiger partial charge is 0.120 e. The van der Waals surface area contributed by atoms with Crippen LogP contribution in [-0.4, -0.2) is 10.9 Å². The van der Waals surface area contributed by atoms with Crippen LogP contribution in [0.2, 0.25) is 0 Å². The van der Waals surface area contributed by atoms with Crippen molar-refractivity contribution in [1.29, 1.82) is 0 Å². The molecular weight excluding hydrogens is 222 g/mol. The van der Waals surface area contributed by atoms with Crippen LogP contribution in [0.1, 0.15) is 31.7 Å². The second kappa shape index (κ2) is 5.85. The summed E-state index contributed by atoms with van der Waals surface area (Å²) >= 11 is 0. The summed E-state index contributed by atoms with van der Waals surface area (Å²) in [6.45, 7) is 2.18. The van der Waals surface area contributed by atoms with E-state index in [1.807, 2.05) is 0 Å². The molecule has 0 bridgehead atoms. The Hall–Kier alpha value is -1.57. The van der Waals surface area contributed by atoms with Crippen LogP contribution >= 0.6 is 0 Å². The summed E-state index contributed by atoms with van der Waals surface area (Å²) in [6.07, 6.45) is 7.22. The number of hydrogen-bond donors (Lipinski definition) is 0. The summed E-state index contributed by atoms with van der Waals surface area (Å²) < 4.78 is 2.18. The van der Waals surface area contributed by atoms with Crippen molar-refractivity contribution in [2.75, 3.05) is 0 Å². The summed E-state index contributed by atoms with van der Waals surface area (Å²) in [5.74, 6) is 0.485. The van der Waals surface area contributed by atoms with Crippen LogP contribution in [0.15, 0.2) is 30.5 Å². The molecule has 1 atom stereocenters. The Kier molecular flexibility index (Phi) is 4.19. The van der Waals surface area contributed by atoms with E-state index in [1.54, 1.807) is 0 Å². The zero-order valence-corrected chi connectivity index (χ0v) is 11.2. The first kappa shape index (κ1) is 12.9. The number of rotatable bonds is 6. The SMILES string of the molecule is CCCC(CC=O)Cc1cn(C)c2ccccc12. The molecule has 2 rings (SSSR count). The Morgan fingerprint density at radius 2 is 2.11 bits per heavy atom. The van der Waals surface area contributed by atoms with Crippen molar-refractivity contribution >= 4 is 17.2 Å². The molecule has 96 valence electrons. The monoisotopic (exact) mass is 243 g/mol. The third-order valence-electron chi connectivity index (χ3n) is 3.61. The average Bonchev–Trinajstić information content (AvgIpc) is 2.68. The molecule has 0 spiro atoms. The predicted molar refractivity (Wildman–Crippen MR) is 75.7 cm³/mol. The lowest BCUT2D eigenvalue weighted by Crippen LogP contribution is -2.04. The molecule has 1 unspecified atom stereocenters. The van der Waals surface area contributed by atoms with Gasteiger partial charge in [0.05, 0.1) is 0 Å². The van der Waals surface area contributed by atoms with Crippen LogP contribution in [0.5, 0.6) is 0 Å². The maximum Gasteiger partial charge on any atom is 0.120 e. The molecule has 1 heterocycles. The van der Waals surface area contributed by atoms with Gasteiger partial charge in [-0.25, -0.2) is 0 Å². The van der Waals surface area contributed by atoms with Gasteiger partial charge in [-0.1, -0.05) is 31.5 Å². The molecular formula is C16H21NO. The Morgan fingerprint density at radius 1 is 1.33 bits per heavy atom. The highest BCUT2D eigenvalue weighted by molar-refractivity contribution is 5.83. The van der Waals surface area contributed by atoms with Crippen molar-refractivity contribution in [2.45, 2.75) is 32.6 Å². The number of para-hydroxylation sites is 1. The van der Waals surface area contributed by atoms with Gasteiger partial charge in [-0.05, 0) is 30.4 Å². The van der Waals surface area contributed by atoms with Crippen molar-refractivity contribution in [3.63, 3.8) is 0 Å². The molecule has 0 fully saturated rings. The summed E-state index contributed by atoms with van der Waals surface area (Å²) in [7, 11) is 2.08. The van der Waals surface area contributed by atoms with Crippen LogP contribution < -0.4 is 0 Å². The first-order chi connectivity index (χ1) is 8.76. The summed E-state index contributed by atoms with van der Waals surface area (Å²) in [6, 6.07) is 8.48. The Labute approximate surface area is 109 Å². The molecule has 18 heavy (non-hydrogen) atoms. The van der Waals surface area contributed by atoms with Crippen molar-refractivity contribution in [3.8, 4) is 0 Å². The molecule has 0 aliphatic heterocycles. The number of benzene rings is 1. The number of aromatic nitrogens is 1. The molecule has 0 saturated heterocycles. The normalized spacial score (nSPS) is 12.8. The lowest BCUT2D eigenvalue weighted by molar-refractivity contribution is -0.108. The Bertz CT molecular complexity index is 527. The third-order valence-corrected chi connectivity index (χ3v) is 3.61. The quantitative estimate of drug-likeness (QED) is 0.709. The highest BCUT2D eigenvalue weighted by Gasteiger charge is 2.12. The second-order valence-corrected chi connectivity index (χ2v) is 5.04. The summed E-state index contributed by atoms with van der Waals surface area (Å²) in [5, 5.41) is 1.33. The minimum absolute atomic E-state index is 0.485. The zero-order chi connectivity index (χ0) is 13.0. The van der Waals surface area contributed by atoms with Gasteiger partial charge in [0.25, 0.3) is 0 Å². The first-order valence-electron chi connectivity index (χ1n) is 6.72. The molecule has 0 amide bonds. The number of carbonyl (C=O) groups excluding carboxylic acids is 1. The van der Waals surface area contributed by atoms with E-state index in [0.29, 0.717) is 12.3 Å². The van der Waals surface area contributed by atoms with Crippen molar-refractivity contribution < 1.29 is 4.79 Å². The van der Waals surface area contributed by atoms with Gasteiger partial charge < -0.3 is 9.36 Å². The van der Waals surface area contributed by atoms with E-state index in [1.165, 1.54) is 16.5 Å². The number of fused-ring (bicyclic) bond motifs is 1. The topological polar surface area (TPSA) is 22.0 Å². The number of nitrogens with zero attached hydrogens (tertiary/aromatic N) is 1. The first-order valence-corrected chi connectivity index (χ1v) is 6.72. The van der Waals surface area contributed by atoms with Gasteiger partial charge in [-0.15, -0.1) is 0 Å². The van der Waals surface area contributed by atoms with Crippen LogP contribution in [0.3, 0.4) is 0 Å². The fourth-order valence-corrected chi connectivity index (χ4v) is 2.75. The van der Waals surface area contributed by atoms with Gasteiger partial charge in [0.15, 0.2) is 0 Å². The van der Waals surface area contributed by atoms with E-state index >= 15 is 0 Å². The van der Waals surface area contributed by atoms with Gasteiger partial charge in [0.2, 0.25) is 0 Å². The molecule has 2 nitrogen and oxygen atoms in total. The van der Waals surface area contributed by atoms with Gasteiger partial charge >= 0.3 is 0 Å². The molecule has 0 N–H and O–H groups in total. The fourth-order valence-electron chi connectivity index (χ4n) is 2.75. The molecule has 0 radical (unpaired) electrons. The molecule has 0 aliphatic rings. The van der Waals surface area contributed by atoms with Crippen molar-refractivity contribution in [1.82, 2.24) is 4.57 Å². The largest absolute Gasteiger partial charge is 0.350 e. The lowest BCUT2D eigenvalue weighted by Gasteiger charge is -2.12. The van der Waals surface area contributed by atoms with Gasteiger partial charge in [-0.2, -0.15) is 0 Å². The minimum Gasteiger partial charge on any atom is -0.350 e. The number of aryl methyl sites for hydroxylation is 1. The average molecular weight is 243 g/mol. The maximum atomic E-state index is 10.7. The maximum absolute atomic E-state index is 10.7. The van der Waals surface area contributed by atoms with Gasteiger partial charge in [-0.3, -0.25) is 0 Å².